The van der Waals surface area contributed by atoms with E-state index in [2.05, 4.69) is 10.1 Å². The van der Waals surface area contributed by atoms with Crippen molar-refractivity contribution >= 4 is 0 Å². The summed E-state index contributed by atoms with van der Waals surface area (Å²) in [6.45, 7) is 2.06. The first-order valence-electron chi connectivity index (χ1n) is 6.55. The van der Waals surface area contributed by atoms with E-state index >= 15 is 0 Å². The highest BCUT2D eigenvalue weighted by molar-refractivity contribution is 5.25. The summed E-state index contributed by atoms with van der Waals surface area (Å²) < 4.78 is 28.4. The van der Waals surface area contributed by atoms with Crippen LogP contribution in [-0.2, 0) is 12.1 Å². The first kappa shape index (κ1) is 14.6. The van der Waals surface area contributed by atoms with Gasteiger partial charge < -0.3 is 5.11 Å². The van der Waals surface area contributed by atoms with Gasteiger partial charge in [-0.15, -0.1) is 0 Å². The highest BCUT2D eigenvalue weighted by Crippen LogP contribution is 2.31. The number of halogens is 2. The predicted molar refractivity (Wildman–Crippen MR) is 69.8 cm³/mol. The van der Waals surface area contributed by atoms with Gasteiger partial charge in [-0.25, -0.2) is 18.4 Å². The Kier molecular flexibility index (Phi) is 4.44. The van der Waals surface area contributed by atoms with Crippen LogP contribution < -0.4 is 0 Å². The molecule has 20 heavy (non-hydrogen) atoms. The molecule has 0 aliphatic rings. The third kappa shape index (κ3) is 3.19. The average molecular weight is 281 g/mol. The van der Waals surface area contributed by atoms with E-state index in [0.29, 0.717) is 6.42 Å². The number of aromatic nitrogens is 3. The second-order valence-corrected chi connectivity index (χ2v) is 4.85. The second-order valence-electron chi connectivity index (χ2n) is 4.85. The van der Waals surface area contributed by atoms with Crippen molar-refractivity contribution in [2.45, 2.75) is 38.3 Å². The van der Waals surface area contributed by atoms with E-state index in [-0.39, 0.29) is 12.1 Å². The molecule has 1 unspecified atom stereocenters. The zero-order valence-corrected chi connectivity index (χ0v) is 11.3. The Hall–Kier alpha value is -1.82. The van der Waals surface area contributed by atoms with E-state index in [1.165, 1.54) is 23.4 Å². The number of unbranched alkanes of at least 4 members (excludes halogenated alkanes) is 1. The van der Waals surface area contributed by atoms with E-state index in [0.717, 1.165) is 25.0 Å². The van der Waals surface area contributed by atoms with Gasteiger partial charge in [0, 0.05) is 11.6 Å². The molecule has 0 saturated carbocycles. The lowest BCUT2D eigenvalue weighted by molar-refractivity contribution is 0.000921. The zero-order valence-electron chi connectivity index (χ0n) is 11.3. The molecule has 2 rings (SSSR count). The van der Waals surface area contributed by atoms with E-state index in [1.54, 1.807) is 0 Å². The van der Waals surface area contributed by atoms with Crippen LogP contribution in [-0.4, -0.2) is 19.9 Å². The molecule has 1 aromatic carbocycles. The molecular weight excluding hydrogens is 264 g/mol. The summed E-state index contributed by atoms with van der Waals surface area (Å²) in [6, 6.07) is 3.22. The van der Waals surface area contributed by atoms with Crippen LogP contribution in [0.25, 0.3) is 0 Å². The lowest BCUT2D eigenvalue weighted by atomic mass is 9.88. The Labute approximate surface area is 116 Å². The maximum Gasteiger partial charge on any atom is 0.137 e. The molecule has 0 aliphatic heterocycles. The molecule has 2 aromatic rings. The van der Waals surface area contributed by atoms with Crippen LogP contribution in [0.5, 0.6) is 0 Å². The normalized spacial score (nSPS) is 14.2. The quantitative estimate of drug-likeness (QED) is 0.885. The SMILES string of the molecule is CCCCC(O)(Cn1cncn1)c1ccc(F)cc1F. The van der Waals surface area contributed by atoms with E-state index in [4.69, 9.17) is 0 Å². The molecule has 6 heteroatoms. The standard InChI is InChI=1S/C14H17F2N3O/c1-2-3-6-14(20,8-19-10-17-9-18-19)12-5-4-11(15)7-13(12)16/h4-5,7,9-10,20H,2-3,6,8H2,1H3. The summed E-state index contributed by atoms with van der Waals surface area (Å²) in [5, 5.41) is 14.7. The third-order valence-electron chi connectivity index (χ3n) is 3.27. The highest BCUT2D eigenvalue weighted by Gasteiger charge is 2.32. The first-order valence-corrected chi connectivity index (χ1v) is 6.55. The number of benzene rings is 1. The Bertz CT molecular complexity index is 560. The van der Waals surface area contributed by atoms with Crippen molar-refractivity contribution in [2.24, 2.45) is 0 Å². The number of rotatable bonds is 6. The van der Waals surface area contributed by atoms with Crippen LogP contribution in [0.3, 0.4) is 0 Å². The summed E-state index contributed by atoms with van der Waals surface area (Å²) in [5.41, 5.74) is -1.34. The molecule has 108 valence electrons. The number of nitrogens with zero attached hydrogens (tertiary/aromatic N) is 3. The van der Waals surface area contributed by atoms with Crippen LogP contribution in [0.4, 0.5) is 8.78 Å². The van der Waals surface area contributed by atoms with Gasteiger partial charge in [0.2, 0.25) is 0 Å². The van der Waals surface area contributed by atoms with Gasteiger partial charge in [0.15, 0.2) is 0 Å². The van der Waals surface area contributed by atoms with Gasteiger partial charge in [-0.3, -0.25) is 0 Å². The van der Waals surface area contributed by atoms with Gasteiger partial charge in [-0.05, 0) is 12.5 Å². The predicted octanol–water partition coefficient (Wildman–Crippen LogP) is 2.63. The molecule has 0 saturated heterocycles. The van der Waals surface area contributed by atoms with Crippen molar-refractivity contribution in [1.29, 1.82) is 0 Å². The lowest BCUT2D eigenvalue weighted by Gasteiger charge is -2.29. The monoisotopic (exact) mass is 281 g/mol. The molecule has 0 aliphatic carbocycles. The molecule has 0 bridgehead atoms. The topological polar surface area (TPSA) is 50.9 Å². The largest absolute Gasteiger partial charge is 0.383 e. The number of hydrogen-bond donors (Lipinski definition) is 1. The average Bonchev–Trinajstić information content (AvgIpc) is 2.88. The molecule has 0 radical (unpaired) electrons. The third-order valence-corrected chi connectivity index (χ3v) is 3.27. The summed E-state index contributed by atoms with van der Waals surface area (Å²) in [5.74, 6) is -1.41. The van der Waals surface area contributed by atoms with Crippen LogP contribution in [0.15, 0.2) is 30.9 Å². The number of hydrogen-bond acceptors (Lipinski definition) is 3. The molecule has 0 fully saturated rings. The minimum absolute atomic E-state index is 0.0789. The Balaban J connectivity index is 2.34. The first-order chi connectivity index (χ1) is 9.55. The zero-order chi connectivity index (χ0) is 14.6. The van der Waals surface area contributed by atoms with Crippen molar-refractivity contribution in [2.75, 3.05) is 0 Å². The number of aliphatic hydroxyl groups is 1. The van der Waals surface area contributed by atoms with Crippen LogP contribution >= 0.6 is 0 Å². The van der Waals surface area contributed by atoms with Gasteiger partial charge in [0.05, 0.1) is 6.54 Å². The molecule has 1 N–H and O–H groups in total. The Morgan fingerprint density at radius 2 is 2.15 bits per heavy atom. The van der Waals surface area contributed by atoms with E-state index < -0.39 is 17.2 Å². The summed E-state index contributed by atoms with van der Waals surface area (Å²) in [7, 11) is 0. The molecule has 0 amide bonds. The van der Waals surface area contributed by atoms with Crippen LogP contribution in [0, 0.1) is 11.6 Å². The highest BCUT2D eigenvalue weighted by atomic mass is 19.1. The summed E-state index contributed by atoms with van der Waals surface area (Å²) >= 11 is 0. The van der Waals surface area contributed by atoms with Gasteiger partial charge in [0.25, 0.3) is 0 Å². The maximum absolute atomic E-state index is 14.0. The molecule has 0 spiro atoms. The maximum atomic E-state index is 14.0. The van der Waals surface area contributed by atoms with Crippen molar-refractivity contribution < 1.29 is 13.9 Å². The smallest absolute Gasteiger partial charge is 0.137 e. The van der Waals surface area contributed by atoms with E-state index in [1.807, 2.05) is 6.92 Å². The van der Waals surface area contributed by atoms with Crippen molar-refractivity contribution in [3.8, 4) is 0 Å². The fourth-order valence-electron chi connectivity index (χ4n) is 2.22. The summed E-state index contributed by atoms with van der Waals surface area (Å²) in [4.78, 5) is 3.80. The van der Waals surface area contributed by atoms with E-state index in [9.17, 15) is 13.9 Å². The molecule has 1 atom stereocenters. The molecule has 1 heterocycles. The Morgan fingerprint density at radius 3 is 2.75 bits per heavy atom. The van der Waals surface area contributed by atoms with Gasteiger partial charge in [0.1, 0.15) is 29.9 Å². The Morgan fingerprint density at radius 1 is 1.35 bits per heavy atom. The fourth-order valence-corrected chi connectivity index (χ4v) is 2.22. The van der Waals surface area contributed by atoms with Crippen molar-refractivity contribution in [3.05, 3.63) is 48.1 Å². The van der Waals surface area contributed by atoms with Gasteiger partial charge in [-0.1, -0.05) is 25.8 Å². The van der Waals surface area contributed by atoms with Crippen LogP contribution in [0.2, 0.25) is 0 Å². The minimum Gasteiger partial charge on any atom is -0.383 e. The molecular formula is C14H17F2N3O. The van der Waals surface area contributed by atoms with Crippen LogP contribution in [0.1, 0.15) is 31.7 Å². The van der Waals surface area contributed by atoms with Gasteiger partial charge in [-0.2, -0.15) is 5.10 Å². The minimum atomic E-state index is -1.43. The second kappa shape index (κ2) is 6.09. The van der Waals surface area contributed by atoms with Gasteiger partial charge >= 0.3 is 0 Å². The molecule has 4 nitrogen and oxygen atoms in total. The summed E-state index contributed by atoms with van der Waals surface area (Å²) in [6.07, 6.45) is 4.76. The molecule has 1 aromatic heterocycles. The fraction of sp³-hybridized carbons (Fsp3) is 0.429. The van der Waals surface area contributed by atoms with Crippen molar-refractivity contribution in [1.82, 2.24) is 14.8 Å². The lowest BCUT2D eigenvalue weighted by Crippen LogP contribution is -2.33. The van der Waals surface area contributed by atoms with Crippen molar-refractivity contribution in [3.63, 3.8) is 0 Å².